The predicted octanol–water partition coefficient (Wildman–Crippen LogP) is 1.50. The van der Waals surface area contributed by atoms with Crippen molar-refractivity contribution in [2.75, 3.05) is 24.2 Å². The van der Waals surface area contributed by atoms with Gasteiger partial charge in [0, 0.05) is 6.54 Å². The lowest BCUT2D eigenvalue weighted by Gasteiger charge is -2.08. The number of nitrogens with two attached hydrogens (primary N) is 1. The van der Waals surface area contributed by atoms with E-state index in [4.69, 9.17) is 10.5 Å². The van der Waals surface area contributed by atoms with Crippen LogP contribution in [-0.4, -0.2) is 24.2 Å². The number of nitrogen functional groups attached to an aromatic ring is 1. The molecule has 0 bridgehead atoms. The predicted molar refractivity (Wildman–Crippen MR) is 58.2 cm³/mol. The highest BCUT2D eigenvalue weighted by Crippen LogP contribution is 2.04. The molecule has 4 nitrogen and oxygen atoms in total. The SMILES string of the molecule is CC(C)OCCNc1ccc(N)cn1. The first-order chi connectivity index (χ1) is 6.68. The zero-order valence-corrected chi connectivity index (χ0v) is 8.66. The van der Waals surface area contributed by atoms with Crippen LogP contribution in [0.25, 0.3) is 0 Å². The summed E-state index contributed by atoms with van der Waals surface area (Å²) >= 11 is 0. The molecule has 0 aromatic carbocycles. The van der Waals surface area contributed by atoms with Gasteiger partial charge in [0.15, 0.2) is 0 Å². The topological polar surface area (TPSA) is 60.2 Å². The summed E-state index contributed by atoms with van der Waals surface area (Å²) in [5.41, 5.74) is 6.18. The molecular formula is C10H17N3O. The second kappa shape index (κ2) is 5.44. The van der Waals surface area contributed by atoms with Gasteiger partial charge in [-0.3, -0.25) is 0 Å². The van der Waals surface area contributed by atoms with Gasteiger partial charge in [0.1, 0.15) is 5.82 Å². The molecule has 0 atom stereocenters. The van der Waals surface area contributed by atoms with Crippen molar-refractivity contribution in [3.63, 3.8) is 0 Å². The van der Waals surface area contributed by atoms with Crippen LogP contribution in [0.1, 0.15) is 13.8 Å². The number of aromatic nitrogens is 1. The molecule has 0 saturated heterocycles. The number of anilines is 2. The van der Waals surface area contributed by atoms with Crippen molar-refractivity contribution >= 4 is 11.5 Å². The van der Waals surface area contributed by atoms with Crippen molar-refractivity contribution in [1.29, 1.82) is 0 Å². The van der Waals surface area contributed by atoms with Crippen LogP contribution in [0.5, 0.6) is 0 Å². The van der Waals surface area contributed by atoms with Crippen molar-refractivity contribution in [2.45, 2.75) is 20.0 Å². The standard InChI is InChI=1S/C10H17N3O/c1-8(2)14-6-5-12-10-4-3-9(11)7-13-10/h3-4,7-8H,5-6,11H2,1-2H3,(H,12,13). The summed E-state index contributed by atoms with van der Waals surface area (Å²) in [4.78, 5) is 4.10. The Labute approximate surface area is 84.5 Å². The van der Waals surface area contributed by atoms with Crippen molar-refractivity contribution in [1.82, 2.24) is 4.98 Å². The fourth-order valence-electron chi connectivity index (χ4n) is 0.984. The Hall–Kier alpha value is -1.29. The number of nitrogens with zero attached hydrogens (tertiary/aromatic N) is 1. The number of hydrogen-bond acceptors (Lipinski definition) is 4. The van der Waals surface area contributed by atoms with Gasteiger partial charge in [-0.25, -0.2) is 4.98 Å². The van der Waals surface area contributed by atoms with Crippen LogP contribution >= 0.6 is 0 Å². The van der Waals surface area contributed by atoms with E-state index in [9.17, 15) is 0 Å². The molecule has 0 amide bonds. The average Bonchev–Trinajstić information content (AvgIpc) is 2.15. The fraction of sp³-hybridized carbons (Fsp3) is 0.500. The van der Waals surface area contributed by atoms with Gasteiger partial charge >= 0.3 is 0 Å². The van der Waals surface area contributed by atoms with Gasteiger partial charge in [0.2, 0.25) is 0 Å². The molecule has 0 aliphatic carbocycles. The quantitative estimate of drug-likeness (QED) is 0.699. The molecule has 78 valence electrons. The normalized spacial score (nSPS) is 10.5. The van der Waals surface area contributed by atoms with E-state index in [1.807, 2.05) is 26.0 Å². The minimum Gasteiger partial charge on any atom is -0.397 e. The highest BCUT2D eigenvalue weighted by Gasteiger charge is 1.94. The maximum atomic E-state index is 5.51. The second-order valence-corrected chi connectivity index (χ2v) is 3.32. The zero-order chi connectivity index (χ0) is 10.4. The molecule has 1 rings (SSSR count). The molecule has 1 aromatic heterocycles. The Morgan fingerprint density at radius 2 is 2.29 bits per heavy atom. The van der Waals surface area contributed by atoms with E-state index in [1.165, 1.54) is 0 Å². The lowest BCUT2D eigenvalue weighted by atomic mass is 10.4. The molecule has 1 heterocycles. The highest BCUT2D eigenvalue weighted by atomic mass is 16.5. The first-order valence-electron chi connectivity index (χ1n) is 4.75. The summed E-state index contributed by atoms with van der Waals surface area (Å²) < 4.78 is 5.37. The molecule has 0 unspecified atom stereocenters. The Bertz CT molecular complexity index is 259. The molecule has 3 N–H and O–H groups in total. The first kappa shape index (κ1) is 10.8. The lowest BCUT2D eigenvalue weighted by molar-refractivity contribution is 0.0870. The molecule has 0 spiro atoms. The molecule has 4 heteroatoms. The number of rotatable bonds is 5. The minimum absolute atomic E-state index is 0.274. The van der Waals surface area contributed by atoms with Gasteiger partial charge in [-0.2, -0.15) is 0 Å². The van der Waals surface area contributed by atoms with E-state index < -0.39 is 0 Å². The monoisotopic (exact) mass is 195 g/mol. The number of pyridine rings is 1. The Kier molecular flexibility index (Phi) is 4.19. The minimum atomic E-state index is 0.274. The van der Waals surface area contributed by atoms with Crippen LogP contribution in [0.2, 0.25) is 0 Å². The lowest BCUT2D eigenvalue weighted by Crippen LogP contribution is -2.13. The molecule has 0 radical (unpaired) electrons. The van der Waals surface area contributed by atoms with Crippen LogP contribution in [0.4, 0.5) is 11.5 Å². The van der Waals surface area contributed by atoms with Crippen molar-refractivity contribution < 1.29 is 4.74 Å². The van der Waals surface area contributed by atoms with Gasteiger partial charge in [-0.1, -0.05) is 0 Å². The number of nitrogens with one attached hydrogen (secondary N) is 1. The van der Waals surface area contributed by atoms with E-state index in [2.05, 4.69) is 10.3 Å². The van der Waals surface area contributed by atoms with Crippen LogP contribution < -0.4 is 11.1 Å². The largest absolute Gasteiger partial charge is 0.397 e. The summed E-state index contributed by atoms with van der Waals surface area (Å²) in [5, 5.41) is 3.14. The van der Waals surface area contributed by atoms with Gasteiger partial charge < -0.3 is 15.8 Å². The summed E-state index contributed by atoms with van der Waals surface area (Å²) in [6, 6.07) is 3.67. The van der Waals surface area contributed by atoms with Gasteiger partial charge in [-0.15, -0.1) is 0 Å². The van der Waals surface area contributed by atoms with Crippen LogP contribution in [0.3, 0.4) is 0 Å². The van der Waals surface area contributed by atoms with Crippen molar-refractivity contribution in [3.8, 4) is 0 Å². The Morgan fingerprint density at radius 1 is 1.50 bits per heavy atom. The third-order valence-electron chi connectivity index (χ3n) is 1.65. The van der Waals surface area contributed by atoms with Crippen molar-refractivity contribution in [3.05, 3.63) is 18.3 Å². The smallest absolute Gasteiger partial charge is 0.126 e. The number of hydrogen-bond donors (Lipinski definition) is 2. The van der Waals surface area contributed by atoms with Gasteiger partial charge in [0.05, 0.1) is 24.6 Å². The van der Waals surface area contributed by atoms with Crippen LogP contribution in [0.15, 0.2) is 18.3 Å². The Morgan fingerprint density at radius 3 is 2.86 bits per heavy atom. The van der Waals surface area contributed by atoms with Crippen molar-refractivity contribution in [2.24, 2.45) is 0 Å². The van der Waals surface area contributed by atoms with E-state index in [-0.39, 0.29) is 6.10 Å². The summed E-state index contributed by atoms with van der Waals surface area (Å²) in [7, 11) is 0. The van der Waals surface area contributed by atoms with Crippen LogP contribution in [-0.2, 0) is 4.74 Å². The third-order valence-corrected chi connectivity index (χ3v) is 1.65. The molecule has 0 aliphatic rings. The zero-order valence-electron chi connectivity index (χ0n) is 8.66. The molecule has 14 heavy (non-hydrogen) atoms. The molecule has 0 aliphatic heterocycles. The highest BCUT2D eigenvalue weighted by molar-refractivity contribution is 5.43. The number of ether oxygens (including phenoxy) is 1. The third kappa shape index (κ3) is 4.09. The van der Waals surface area contributed by atoms with E-state index in [1.54, 1.807) is 6.20 Å². The molecule has 0 fully saturated rings. The summed E-state index contributed by atoms with van der Waals surface area (Å²) in [6.45, 7) is 5.47. The molecular weight excluding hydrogens is 178 g/mol. The maximum Gasteiger partial charge on any atom is 0.126 e. The average molecular weight is 195 g/mol. The fourth-order valence-corrected chi connectivity index (χ4v) is 0.984. The first-order valence-corrected chi connectivity index (χ1v) is 4.75. The maximum absolute atomic E-state index is 5.51. The van der Waals surface area contributed by atoms with E-state index in [0.29, 0.717) is 12.3 Å². The molecule has 1 aromatic rings. The van der Waals surface area contributed by atoms with E-state index in [0.717, 1.165) is 12.4 Å². The second-order valence-electron chi connectivity index (χ2n) is 3.32. The van der Waals surface area contributed by atoms with Gasteiger partial charge in [-0.05, 0) is 26.0 Å². The summed E-state index contributed by atoms with van der Waals surface area (Å²) in [5.74, 6) is 0.826. The Balaban J connectivity index is 2.21. The van der Waals surface area contributed by atoms with E-state index >= 15 is 0 Å². The van der Waals surface area contributed by atoms with Gasteiger partial charge in [0.25, 0.3) is 0 Å². The molecule has 0 saturated carbocycles. The van der Waals surface area contributed by atoms with Crippen LogP contribution in [0, 0.1) is 0 Å². The summed E-state index contributed by atoms with van der Waals surface area (Å²) in [6.07, 6.45) is 1.90.